The third kappa shape index (κ3) is 2.94. The van der Waals surface area contributed by atoms with Gasteiger partial charge in [0.25, 0.3) is 15.9 Å². The van der Waals surface area contributed by atoms with Crippen LogP contribution in [-0.4, -0.2) is 77.1 Å². The minimum atomic E-state index is -3.60. The average Bonchev–Trinajstić information content (AvgIpc) is 2.53. The highest BCUT2D eigenvalue weighted by atomic mass is 32.2. The Kier molecular flexibility index (Phi) is 3.96. The van der Waals surface area contributed by atoms with Crippen molar-refractivity contribution >= 4 is 27.7 Å². The zero-order chi connectivity index (χ0) is 17.5. The molecule has 0 radical (unpaired) electrons. The lowest BCUT2D eigenvalue weighted by Gasteiger charge is -2.37. The van der Waals surface area contributed by atoms with Gasteiger partial charge in [-0.3, -0.25) is 4.79 Å². The number of nitrogens with zero attached hydrogens (tertiary/aromatic N) is 3. The zero-order valence-electron chi connectivity index (χ0n) is 12.8. The lowest BCUT2D eigenvalue weighted by molar-refractivity contribution is -0.164. The highest BCUT2D eigenvalue weighted by Gasteiger charge is 2.41. The maximum Gasteiger partial charge on any atom is 0.335 e. The maximum atomic E-state index is 12.7. The first kappa shape index (κ1) is 16.7. The number of fused-ring (bicyclic) bond motifs is 1. The molecule has 1 fully saturated rings. The summed E-state index contributed by atoms with van der Waals surface area (Å²) in [7, 11) is -3.60. The van der Waals surface area contributed by atoms with Gasteiger partial charge >= 0.3 is 5.97 Å². The number of rotatable bonds is 2. The molecule has 0 aliphatic carbocycles. The van der Waals surface area contributed by atoms with Crippen molar-refractivity contribution in [3.63, 3.8) is 0 Å². The molecule has 0 aromatic rings. The first-order valence-corrected chi connectivity index (χ1v) is 9.06. The third-order valence-electron chi connectivity index (χ3n) is 4.36. The quantitative estimate of drug-likeness (QED) is 0.645. The first-order valence-electron chi connectivity index (χ1n) is 7.45. The molecule has 3 aliphatic rings. The van der Waals surface area contributed by atoms with Crippen LogP contribution in [0, 0.1) is 0 Å². The smallest absolute Gasteiger partial charge is 0.335 e. The summed E-state index contributed by atoms with van der Waals surface area (Å²) in [5.74, 6) is -1.75. The average molecular weight is 355 g/mol. The van der Waals surface area contributed by atoms with E-state index in [4.69, 9.17) is 5.11 Å². The minimum Gasteiger partial charge on any atom is -0.479 e. The van der Waals surface area contributed by atoms with Crippen LogP contribution >= 0.6 is 0 Å². The predicted octanol–water partition coefficient (Wildman–Crippen LogP) is -1.08. The number of amidine groups is 1. The number of carboxylic acid groups (broad SMARTS) is 1. The van der Waals surface area contributed by atoms with Crippen LogP contribution in [0.15, 0.2) is 28.3 Å². The normalized spacial score (nSPS) is 24.7. The van der Waals surface area contributed by atoms with E-state index in [0.717, 1.165) is 0 Å². The molecule has 3 heterocycles. The molecule has 3 aliphatic heterocycles. The number of sulfonamides is 1. The van der Waals surface area contributed by atoms with Gasteiger partial charge in [0.2, 0.25) is 0 Å². The van der Waals surface area contributed by atoms with Gasteiger partial charge in [0.05, 0.1) is 11.3 Å². The van der Waals surface area contributed by atoms with Crippen LogP contribution in [0.5, 0.6) is 0 Å². The number of allylic oxidation sites excluding steroid dienone is 2. The molecule has 3 rings (SSSR count). The number of carbonyl (C=O) groups is 2. The highest BCUT2D eigenvalue weighted by Crippen LogP contribution is 2.25. The second-order valence-electron chi connectivity index (χ2n) is 5.95. The van der Waals surface area contributed by atoms with E-state index in [9.17, 15) is 23.1 Å². The van der Waals surface area contributed by atoms with Crippen LogP contribution in [0.4, 0.5) is 0 Å². The Morgan fingerprint density at radius 3 is 2.50 bits per heavy atom. The number of aliphatic hydroxyl groups is 1. The molecule has 1 amide bonds. The Morgan fingerprint density at radius 2 is 1.88 bits per heavy atom. The Bertz CT molecular complexity index is 774. The minimum absolute atomic E-state index is 0.0721. The lowest BCUT2D eigenvalue weighted by atomic mass is 9.91. The van der Waals surface area contributed by atoms with Crippen molar-refractivity contribution in [2.75, 3.05) is 25.4 Å². The second kappa shape index (κ2) is 5.71. The molecule has 24 heavy (non-hydrogen) atoms. The molecule has 0 unspecified atom stereocenters. The van der Waals surface area contributed by atoms with Gasteiger partial charge in [0.1, 0.15) is 0 Å². The molecular weight excluding hydrogens is 338 g/mol. The molecule has 2 N–H and O–H groups in total. The molecule has 0 aromatic heterocycles. The van der Waals surface area contributed by atoms with Crippen molar-refractivity contribution in [1.29, 1.82) is 0 Å². The summed E-state index contributed by atoms with van der Waals surface area (Å²) in [5.41, 5.74) is -1.67. The van der Waals surface area contributed by atoms with E-state index in [2.05, 4.69) is 4.40 Å². The number of carbonyl (C=O) groups excluding carboxylic acids is 1. The standard InChI is InChI=1S/C14H17N3O6S/c18-12(17-6-3-14(21,4-7-17)13(19)20)10-2-1-5-16-8-9-24(22,23)15-11(10)16/h1-2,5,21H,3-4,6-9H2,(H,19,20). The molecule has 0 bridgehead atoms. The molecule has 130 valence electrons. The number of amides is 1. The molecule has 9 nitrogen and oxygen atoms in total. The van der Waals surface area contributed by atoms with E-state index in [0.29, 0.717) is 0 Å². The monoisotopic (exact) mass is 355 g/mol. The number of hydrogen-bond acceptors (Lipinski definition) is 6. The van der Waals surface area contributed by atoms with Crippen molar-refractivity contribution in [2.24, 2.45) is 4.40 Å². The summed E-state index contributed by atoms with van der Waals surface area (Å²) in [5, 5.41) is 19.0. The van der Waals surface area contributed by atoms with Crippen LogP contribution in [0.1, 0.15) is 12.8 Å². The number of likely N-dealkylation sites (tertiary alicyclic amines) is 1. The van der Waals surface area contributed by atoms with Gasteiger partial charge in [-0.1, -0.05) is 0 Å². The van der Waals surface area contributed by atoms with Crippen molar-refractivity contribution in [1.82, 2.24) is 9.80 Å². The van der Waals surface area contributed by atoms with E-state index >= 15 is 0 Å². The summed E-state index contributed by atoms with van der Waals surface area (Å²) in [6.45, 7) is 0.368. The van der Waals surface area contributed by atoms with E-state index in [1.807, 2.05) is 0 Å². The van der Waals surface area contributed by atoms with Gasteiger partial charge < -0.3 is 20.0 Å². The topological polar surface area (TPSA) is 128 Å². The van der Waals surface area contributed by atoms with E-state index in [1.54, 1.807) is 17.2 Å². The van der Waals surface area contributed by atoms with Crippen LogP contribution in [0.3, 0.4) is 0 Å². The highest BCUT2D eigenvalue weighted by molar-refractivity contribution is 7.90. The van der Waals surface area contributed by atoms with E-state index < -0.39 is 27.5 Å². The maximum absolute atomic E-state index is 12.7. The molecule has 1 saturated heterocycles. The lowest BCUT2D eigenvalue weighted by Crippen LogP contribution is -2.52. The molecule has 10 heteroatoms. The largest absolute Gasteiger partial charge is 0.479 e. The van der Waals surface area contributed by atoms with Crippen molar-refractivity contribution in [3.8, 4) is 0 Å². The summed E-state index contributed by atoms with van der Waals surface area (Å²) in [4.78, 5) is 26.7. The molecule has 0 saturated carbocycles. The summed E-state index contributed by atoms with van der Waals surface area (Å²) in [6.07, 6.45) is 4.64. The Hall–Kier alpha value is -2.20. The van der Waals surface area contributed by atoms with Gasteiger partial charge in [-0.05, 0) is 12.2 Å². The van der Waals surface area contributed by atoms with Gasteiger partial charge in [-0.2, -0.15) is 0 Å². The zero-order valence-corrected chi connectivity index (χ0v) is 13.6. The molecule has 0 aromatic carbocycles. The van der Waals surface area contributed by atoms with Crippen molar-refractivity contribution in [2.45, 2.75) is 18.4 Å². The Morgan fingerprint density at radius 1 is 1.21 bits per heavy atom. The van der Waals surface area contributed by atoms with Gasteiger partial charge in [-0.15, -0.1) is 4.40 Å². The van der Waals surface area contributed by atoms with Gasteiger partial charge in [-0.25, -0.2) is 13.2 Å². The summed E-state index contributed by atoms with van der Waals surface area (Å²) >= 11 is 0. The molecular formula is C14H17N3O6S. The van der Waals surface area contributed by atoms with Crippen molar-refractivity contribution < 1.29 is 28.2 Å². The predicted molar refractivity (Wildman–Crippen MR) is 83.6 cm³/mol. The Balaban J connectivity index is 1.81. The van der Waals surface area contributed by atoms with Gasteiger partial charge in [0, 0.05) is 38.7 Å². The summed E-state index contributed by atoms with van der Waals surface area (Å²) in [6, 6.07) is 0. The third-order valence-corrected chi connectivity index (χ3v) is 5.51. The molecule has 0 atom stereocenters. The fraction of sp³-hybridized carbons (Fsp3) is 0.500. The Labute approximate surface area is 138 Å². The van der Waals surface area contributed by atoms with Crippen LogP contribution in [-0.2, 0) is 19.6 Å². The fourth-order valence-electron chi connectivity index (χ4n) is 2.85. The van der Waals surface area contributed by atoms with E-state index in [1.165, 1.54) is 11.0 Å². The second-order valence-corrected chi connectivity index (χ2v) is 7.70. The number of aliphatic carboxylic acids is 1. The van der Waals surface area contributed by atoms with Crippen molar-refractivity contribution in [3.05, 3.63) is 23.9 Å². The SMILES string of the molecule is O=C(C1=CC=CN2CCS(=O)(=O)N=C12)N1CCC(O)(C(=O)O)CC1. The van der Waals surface area contributed by atoms with Crippen LogP contribution in [0.2, 0.25) is 0 Å². The molecule has 0 spiro atoms. The fourth-order valence-corrected chi connectivity index (χ4v) is 3.83. The van der Waals surface area contributed by atoms with Crippen LogP contribution < -0.4 is 0 Å². The van der Waals surface area contributed by atoms with Gasteiger partial charge in [0.15, 0.2) is 11.4 Å². The summed E-state index contributed by atoms with van der Waals surface area (Å²) < 4.78 is 27.1. The van der Waals surface area contributed by atoms with E-state index in [-0.39, 0.29) is 49.6 Å². The van der Waals surface area contributed by atoms with Crippen LogP contribution in [0.25, 0.3) is 0 Å². The number of carboxylic acids is 1. The number of piperidine rings is 1. The first-order chi connectivity index (χ1) is 11.2. The number of hydrogen-bond donors (Lipinski definition) is 2.